The van der Waals surface area contributed by atoms with Gasteiger partial charge in [-0.2, -0.15) is 0 Å². The predicted molar refractivity (Wildman–Crippen MR) is 130 cm³/mol. The van der Waals surface area contributed by atoms with Crippen LogP contribution in [0.2, 0.25) is 0 Å². The number of aromatic nitrogens is 1. The molecule has 6 heteroatoms. The molecule has 1 N–H and O–H groups in total. The first-order chi connectivity index (χ1) is 15.5. The van der Waals surface area contributed by atoms with Gasteiger partial charge in [0.1, 0.15) is 0 Å². The van der Waals surface area contributed by atoms with Crippen LogP contribution in [0.3, 0.4) is 0 Å². The number of allylic oxidation sites excluding steroid dienone is 1. The van der Waals surface area contributed by atoms with Crippen molar-refractivity contribution in [3.8, 4) is 0 Å². The van der Waals surface area contributed by atoms with E-state index in [1.54, 1.807) is 18.3 Å². The molecule has 0 spiro atoms. The van der Waals surface area contributed by atoms with E-state index in [0.29, 0.717) is 5.56 Å². The van der Waals surface area contributed by atoms with E-state index < -0.39 is 12.1 Å². The average molecular weight is 449 g/mol. The van der Waals surface area contributed by atoms with Crippen LogP contribution in [-0.2, 0) is 16.0 Å². The Labute approximate surface area is 192 Å². The summed E-state index contributed by atoms with van der Waals surface area (Å²) in [5, 5.41) is 5.70. The zero-order valence-electron chi connectivity index (χ0n) is 18.7. The number of esters is 1. The number of carbonyl (C=O) groups excluding carboxylic acids is 2. The number of pyridine rings is 1. The Balaban J connectivity index is 1.74. The van der Waals surface area contributed by atoms with E-state index in [-0.39, 0.29) is 11.9 Å². The van der Waals surface area contributed by atoms with Crippen LogP contribution in [0.15, 0.2) is 41.8 Å². The van der Waals surface area contributed by atoms with Crippen LogP contribution in [-0.4, -0.2) is 29.0 Å². The molecular weight excluding hydrogens is 420 g/mol. The lowest BCUT2D eigenvalue weighted by Crippen LogP contribution is -2.40. The van der Waals surface area contributed by atoms with Crippen molar-refractivity contribution in [1.29, 1.82) is 0 Å². The molecule has 3 aromatic rings. The predicted octanol–water partition coefficient (Wildman–Crippen LogP) is 5.63. The van der Waals surface area contributed by atoms with Crippen molar-refractivity contribution >= 4 is 45.8 Å². The second kappa shape index (κ2) is 9.65. The molecule has 1 amide bonds. The van der Waals surface area contributed by atoms with E-state index in [2.05, 4.69) is 22.8 Å². The number of rotatable bonds is 6. The summed E-state index contributed by atoms with van der Waals surface area (Å²) >= 11 is 1.68. The van der Waals surface area contributed by atoms with E-state index in [1.807, 2.05) is 44.2 Å². The highest BCUT2D eigenvalue weighted by atomic mass is 32.1. The van der Waals surface area contributed by atoms with Gasteiger partial charge in [-0.15, -0.1) is 11.3 Å². The smallest absolute Gasteiger partial charge is 0.339 e. The number of benzene rings is 1. The van der Waals surface area contributed by atoms with Gasteiger partial charge in [-0.05, 0) is 74.3 Å². The minimum absolute atomic E-state index is 0.0307. The van der Waals surface area contributed by atoms with E-state index >= 15 is 0 Å². The summed E-state index contributed by atoms with van der Waals surface area (Å²) in [5.41, 5.74) is 4.21. The molecule has 2 unspecified atom stereocenters. The summed E-state index contributed by atoms with van der Waals surface area (Å²) in [5.74, 6) is -0.748. The van der Waals surface area contributed by atoms with Crippen LogP contribution >= 0.6 is 11.3 Å². The first kappa shape index (κ1) is 22.2. The fourth-order valence-corrected chi connectivity index (χ4v) is 4.67. The molecule has 0 fully saturated rings. The number of thiophene rings is 1. The Morgan fingerprint density at radius 2 is 2.00 bits per heavy atom. The number of nitrogens with one attached hydrogen (secondary N) is 1. The standard InChI is InChI=1S/C26H28N2O3S/c1-4-16(2)27-25(29)17(3)31-26(30)23-20-11-5-6-13-22(20)28-24-18(9-7-12-21(23)24)15-19-10-8-14-32-19/h5-6,8,10-11,13-17H,4,7,9,12H2,1-3H3,(H,27,29)/b18-15-. The van der Waals surface area contributed by atoms with Crippen LogP contribution in [0.4, 0.5) is 0 Å². The topological polar surface area (TPSA) is 68.3 Å². The number of nitrogens with zero attached hydrogens (tertiary/aromatic N) is 1. The molecule has 0 saturated carbocycles. The summed E-state index contributed by atoms with van der Waals surface area (Å²) in [7, 11) is 0. The van der Waals surface area contributed by atoms with Gasteiger partial charge in [0.15, 0.2) is 6.10 Å². The highest BCUT2D eigenvalue weighted by Crippen LogP contribution is 2.37. The molecule has 166 valence electrons. The number of ether oxygens (including phenoxy) is 1. The first-order valence-corrected chi connectivity index (χ1v) is 12.0. The van der Waals surface area contributed by atoms with Crippen molar-refractivity contribution in [3.05, 3.63) is 63.5 Å². The fraction of sp³-hybridized carbons (Fsp3) is 0.346. The van der Waals surface area contributed by atoms with Crippen molar-refractivity contribution in [2.24, 2.45) is 0 Å². The number of hydrogen-bond acceptors (Lipinski definition) is 5. The molecule has 4 rings (SSSR count). The van der Waals surface area contributed by atoms with Gasteiger partial charge in [0.25, 0.3) is 5.91 Å². The van der Waals surface area contributed by atoms with Crippen LogP contribution < -0.4 is 5.32 Å². The van der Waals surface area contributed by atoms with Crippen LogP contribution in [0, 0.1) is 0 Å². The van der Waals surface area contributed by atoms with Gasteiger partial charge in [-0.3, -0.25) is 4.79 Å². The summed E-state index contributed by atoms with van der Waals surface area (Å²) in [6.07, 6.45) is 4.72. The summed E-state index contributed by atoms with van der Waals surface area (Å²) in [6, 6.07) is 11.8. The first-order valence-electron chi connectivity index (χ1n) is 11.1. The minimum Gasteiger partial charge on any atom is -0.449 e. The molecule has 1 aromatic carbocycles. The number of hydrogen-bond donors (Lipinski definition) is 1. The Kier molecular flexibility index (Phi) is 6.70. The second-order valence-electron chi connectivity index (χ2n) is 8.24. The van der Waals surface area contributed by atoms with Gasteiger partial charge < -0.3 is 10.1 Å². The van der Waals surface area contributed by atoms with E-state index in [4.69, 9.17) is 9.72 Å². The zero-order valence-corrected chi connectivity index (χ0v) is 19.5. The molecule has 0 aliphatic heterocycles. The van der Waals surface area contributed by atoms with E-state index in [1.165, 1.54) is 4.88 Å². The zero-order chi connectivity index (χ0) is 22.7. The third kappa shape index (κ3) is 4.60. The third-order valence-corrected chi connectivity index (χ3v) is 6.71. The molecule has 1 aliphatic rings. The van der Waals surface area contributed by atoms with Gasteiger partial charge >= 0.3 is 5.97 Å². The minimum atomic E-state index is -0.871. The fourth-order valence-electron chi connectivity index (χ4n) is 3.99. The largest absolute Gasteiger partial charge is 0.449 e. The Morgan fingerprint density at radius 1 is 1.19 bits per heavy atom. The van der Waals surface area contributed by atoms with Crippen molar-refractivity contribution < 1.29 is 14.3 Å². The number of amides is 1. The average Bonchev–Trinajstić information content (AvgIpc) is 3.30. The molecule has 2 heterocycles. The molecule has 32 heavy (non-hydrogen) atoms. The van der Waals surface area contributed by atoms with Gasteiger partial charge in [-0.1, -0.05) is 31.2 Å². The van der Waals surface area contributed by atoms with Gasteiger partial charge in [-0.25, -0.2) is 9.78 Å². The van der Waals surface area contributed by atoms with Crippen molar-refractivity contribution in [2.45, 2.75) is 58.6 Å². The van der Waals surface area contributed by atoms with Gasteiger partial charge in [0, 0.05) is 16.3 Å². The molecule has 5 nitrogen and oxygen atoms in total. The number of carbonyl (C=O) groups is 2. The van der Waals surface area contributed by atoms with E-state index in [9.17, 15) is 9.59 Å². The highest BCUT2D eigenvalue weighted by molar-refractivity contribution is 7.10. The molecule has 0 radical (unpaired) electrons. The van der Waals surface area contributed by atoms with Crippen LogP contribution in [0.5, 0.6) is 0 Å². The SMILES string of the molecule is CCC(C)NC(=O)C(C)OC(=O)c1c2c(nc3ccccc13)/C(=C\c1cccs1)CCC2. The van der Waals surface area contributed by atoms with Crippen molar-refractivity contribution in [3.63, 3.8) is 0 Å². The van der Waals surface area contributed by atoms with Gasteiger partial charge in [0.2, 0.25) is 0 Å². The molecule has 2 aromatic heterocycles. The van der Waals surface area contributed by atoms with Crippen LogP contribution in [0.25, 0.3) is 22.6 Å². The lowest BCUT2D eigenvalue weighted by molar-refractivity contribution is -0.129. The summed E-state index contributed by atoms with van der Waals surface area (Å²) < 4.78 is 5.66. The Bertz CT molecular complexity index is 1170. The summed E-state index contributed by atoms with van der Waals surface area (Å²) in [6.45, 7) is 5.55. The molecule has 2 atom stereocenters. The monoisotopic (exact) mass is 448 g/mol. The molecular formula is C26H28N2O3S. The lowest BCUT2D eigenvalue weighted by Gasteiger charge is -2.23. The highest BCUT2D eigenvalue weighted by Gasteiger charge is 2.28. The summed E-state index contributed by atoms with van der Waals surface area (Å²) in [4.78, 5) is 31.9. The molecule has 0 bridgehead atoms. The maximum atomic E-state index is 13.4. The normalized spacial score (nSPS) is 16.4. The van der Waals surface area contributed by atoms with Crippen molar-refractivity contribution in [1.82, 2.24) is 10.3 Å². The third-order valence-electron chi connectivity index (χ3n) is 5.89. The quantitative estimate of drug-likeness (QED) is 0.496. The van der Waals surface area contributed by atoms with E-state index in [0.717, 1.165) is 53.4 Å². The number of para-hydroxylation sites is 1. The maximum Gasteiger partial charge on any atom is 0.339 e. The molecule has 0 saturated heterocycles. The maximum absolute atomic E-state index is 13.4. The molecule has 1 aliphatic carbocycles. The number of fused-ring (bicyclic) bond motifs is 2. The second-order valence-corrected chi connectivity index (χ2v) is 9.21. The van der Waals surface area contributed by atoms with Gasteiger partial charge in [0.05, 0.1) is 16.8 Å². The van der Waals surface area contributed by atoms with Crippen molar-refractivity contribution in [2.75, 3.05) is 0 Å². The lowest BCUT2D eigenvalue weighted by atomic mass is 9.86. The Morgan fingerprint density at radius 3 is 2.75 bits per heavy atom. The van der Waals surface area contributed by atoms with Crippen LogP contribution in [0.1, 0.15) is 66.5 Å². The Hall–Kier alpha value is -2.99.